The molecule has 0 N–H and O–H groups in total. The maximum atomic E-state index is 10.9. The van der Waals surface area contributed by atoms with Gasteiger partial charge in [0.05, 0.1) is 13.0 Å². The highest BCUT2D eigenvalue weighted by molar-refractivity contribution is 5.71. The normalized spacial score (nSPS) is 12.7. The third-order valence-corrected chi connectivity index (χ3v) is 1.86. The van der Waals surface area contributed by atoms with Gasteiger partial charge in [-0.05, 0) is 25.7 Å². The van der Waals surface area contributed by atoms with Crippen LogP contribution in [0.15, 0.2) is 24.8 Å². The summed E-state index contributed by atoms with van der Waals surface area (Å²) in [5.74, 6) is 0.450. The van der Waals surface area contributed by atoms with E-state index in [9.17, 15) is 4.79 Å². The van der Waals surface area contributed by atoms with Gasteiger partial charge in [-0.15, -0.1) is 6.58 Å². The Labute approximate surface area is 86.6 Å². The number of hydrogen-bond donors (Lipinski definition) is 0. The van der Waals surface area contributed by atoms with Gasteiger partial charge in [0.2, 0.25) is 0 Å². The SMILES string of the molecule is C=CCC(C)CC=CCC(=O)OCC. The molecule has 0 aliphatic carbocycles. The molecule has 2 heteroatoms. The van der Waals surface area contributed by atoms with E-state index in [1.807, 2.05) is 25.2 Å². The molecule has 0 aliphatic heterocycles. The van der Waals surface area contributed by atoms with Crippen LogP contribution in [0, 0.1) is 5.92 Å². The van der Waals surface area contributed by atoms with E-state index in [1.54, 1.807) is 0 Å². The predicted octanol–water partition coefficient (Wildman–Crippen LogP) is 3.10. The minimum atomic E-state index is -0.153. The molecule has 0 saturated heterocycles. The smallest absolute Gasteiger partial charge is 0.309 e. The largest absolute Gasteiger partial charge is 0.466 e. The van der Waals surface area contributed by atoms with Crippen molar-refractivity contribution in [1.29, 1.82) is 0 Å². The molecule has 0 aromatic rings. The molecular formula is C12H20O2. The van der Waals surface area contributed by atoms with Crippen LogP contribution in [-0.2, 0) is 9.53 Å². The van der Waals surface area contributed by atoms with Gasteiger partial charge in [-0.25, -0.2) is 0 Å². The van der Waals surface area contributed by atoms with Gasteiger partial charge >= 0.3 is 5.97 Å². The number of ether oxygens (including phenoxy) is 1. The van der Waals surface area contributed by atoms with Crippen LogP contribution < -0.4 is 0 Å². The van der Waals surface area contributed by atoms with Crippen molar-refractivity contribution in [3.8, 4) is 0 Å². The molecule has 0 bridgehead atoms. The molecule has 0 fully saturated rings. The van der Waals surface area contributed by atoms with Gasteiger partial charge in [0.15, 0.2) is 0 Å². The number of carbonyl (C=O) groups is 1. The van der Waals surface area contributed by atoms with Crippen molar-refractivity contribution in [2.24, 2.45) is 5.92 Å². The van der Waals surface area contributed by atoms with E-state index in [0.717, 1.165) is 12.8 Å². The van der Waals surface area contributed by atoms with E-state index in [2.05, 4.69) is 13.5 Å². The summed E-state index contributed by atoms with van der Waals surface area (Å²) in [5.41, 5.74) is 0. The summed E-state index contributed by atoms with van der Waals surface area (Å²) < 4.78 is 4.79. The first-order chi connectivity index (χ1) is 6.70. The maximum Gasteiger partial charge on any atom is 0.309 e. The number of esters is 1. The molecule has 0 aromatic heterocycles. The molecule has 1 atom stereocenters. The molecule has 0 rings (SSSR count). The Morgan fingerprint density at radius 2 is 2.14 bits per heavy atom. The molecule has 0 spiro atoms. The fraction of sp³-hybridized carbons (Fsp3) is 0.583. The highest BCUT2D eigenvalue weighted by atomic mass is 16.5. The Kier molecular flexibility index (Phi) is 7.90. The highest BCUT2D eigenvalue weighted by Crippen LogP contribution is 2.08. The van der Waals surface area contributed by atoms with Crippen LogP contribution in [0.4, 0.5) is 0 Å². The van der Waals surface area contributed by atoms with Crippen molar-refractivity contribution in [2.45, 2.75) is 33.1 Å². The van der Waals surface area contributed by atoms with Gasteiger partial charge in [-0.1, -0.05) is 25.2 Å². The quantitative estimate of drug-likeness (QED) is 0.462. The summed E-state index contributed by atoms with van der Waals surface area (Å²) in [5, 5.41) is 0. The van der Waals surface area contributed by atoms with Crippen molar-refractivity contribution >= 4 is 5.97 Å². The fourth-order valence-electron chi connectivity index (χ4n) is 1.11. The van der Waals surface area contributed by atoms with Crippen molar-refractivity contribution in [3.63, 3.8) is 0 Å². The number of hydrogen-bond acceptors (Lipinski definition) is 2. The number of rotatable bonds is 7. The summed E-state index contributed by atoms with van der Waals surface area (Å²) in [6, 6.07) is 0. The van der Waals surface area contributed by atoms with E-state index in [0.29, 0.717) is 18.9 Å². The second-order valence-corrected chi connectivity index (χ2v) is 3.35. The molecule has 14 heavy (non-hydrogen) atoms. The Morgan fingerprint density at radius 1 is 1.43 bits per heavy atom. The molecule has 0 saturated carbocycles. The van der Waals surface area contributed by atoms with Crippen LogP contribution in [0.25, 0.3) is 0 Å². The molecule has 0 amide bonds. The number of allylic oxidation sites excluding steroid dienone is 2. The second-order valence-electron chi connectivity index (χ2n) is 3.35. The molecule has 0 radical (unpaired) electrons. The van der Waals surface area contributed by atoms with Crippen molar-refractivity contribution in [1.82, 2.24) is 0 Å². The fourth-order valence-corrected chi connectivity index (χ4v) is 1.11. The monoisotopic (exact) mass is 196 g/mol. The molecule has 2 nitrogen and oxygen atoms in total. The van der Waals surface area contributed by atoms with E-state index >= 15 is 0 Å². The lowest BCUT2D eigenvalue weighted by molar-refractivity contribution is -0.142. The maximum absolute atomic E-state index is 10.9. The third-order valence-electron chi connectivity index (χ3n) is 1.86. The third kappa shape index (κ3) is 7.59. The van der Waals surface area contributed by atoms with E-state index in [4.69, 9.17) is 4.74 Å². The average molecular weight is 196 g/mol. The standard InChI is InChI=1S/C12H20O2/c1-4-8-11(3)9-6-7-10-12(13)14-5-2/h4,6-7,11H,1,5,8-10H2,2-3H3. The first-order valence-corrected chi connectivity index (χ1v) is 5.12. The van der Waals surface area contributed by atoms with Crippen molar-refractivity contribution < 1.29 is 9.53 Å². The Hall–Kier alpha value is -1.05. The van der Waals surface area contributed by atoms with Crippen LogP contribution in [-0.4, -0.2) is 12.6 Å². The molecule has 0 heterocycles. The van der Waals surface area contributed by atoms with Gasteiger partial charge in [-0.2, -0.15) is 0 Å². The van der Waals surface area contributed by atoms with Crippen LogP contribution in [0.2, 0.25) is 0 Å². The van der Waals surface area contributed by atoms with Crippen LogP contribution >= 0.6 is 0 Å². The first kappa shape index (κ1) is 12.9. The Balaban J connectivity index is 3.52. The predicted molar refractivity (Wildman–Crippen MR) is 59.0 cm³/mol. The van der Waals surface area contributed by atoms with Gasteiger partial charge in [0, 0.05) is 0 Å². The lowest BCUT2D eigenvalue weighted by Gasteiger charge is -2.03. The number of carbonyl (C=O) groups excluding carboxylic acids is 1. The van der Waals surface area contributed by atoms with Crippen molar-refractivity contribution in [2.75, 3.05) is 6.61 Å². The van der Waals surface area contributed by atoms with Crippen LogP contribution in [0.5, 0.6) is 0 Å². The van der Waals surface area contributed by atoms with E-state index in [1.165, 1.54) is 0 Å². The minimum absolute atomic E-state index is 0.153. The topological polar surface area (TPSA) is 26.3 Å². The average Bonchev–Trinajstić information content (AvgIpc) is 2.13. The molecule has 80 valence electrons. The Morgan fingerprint density at radius 3 is 2.71 bits per heavy atom. The zero-order valence-corrected chi connectivity index (χ0v) is 9.16. The van der Waals surface area contributed by atoms with E-state index < -0.39 is 0 Å². The molecule has 0 aliphatic rings. The van der Waals surface area contributed by atoms with E-state index in [-0.39, 0.29) is 5.97 Å². The van der Waals surface area contributed by atoms with Gasteiger partial charge < -0.3 is 4.74 Å². The van der Waals surface area contributed by atoms with Gasteiger partial charge in [0.25, 0.3) is 0 Å². The van der Waals surface area contributed by atoms with Crippen molar-refractivity contribution in [3.05, 3.63) is 24.8 Å². The first-order valence-electron chi connectivity index (χ1n) is 5.12. The second kappa shape index (κ2) is 8.54. The van der Waals surface area contributed by atoms with Crippen LogP contribution in [0.3, 0.4) is 0 Å². The zero-order valence-electron chi connectivity index (χ0n) is 9.16. The summed E-state index contributed by atoms with van der Waals surface area (Å²) in [7, 11) is 0. The lowest BCUT2D eigenvalue weighted by atomic mass is 10.0. The minimum Gasteiger partial charge on any atom is -0.466 e. The lowest BCUT2D eigenvalue weighted by Crippen LogP contribution is -2.01. The summed E-state index contributed by atoms with van der Waals surface area (Å²) in [6.07, 6.45) is 8.22. The Bertz CT molecular complexity index is 194. The molecular weight excluding hydrogens is 176 g/mol. The van der Waals surface area contributed by atoms with Gasteiger partial charge in [-0.3, -0.25) is 4.79 Å². The molecule has 0 aromatic carbocycles. The summed E-state index contributed by atoms with van der Waals surface area (Å²) in [6.45, 7) is 8.12. The van der Waals surface area contributed by atoms with Gasteiger partial charge in [0.1, 0.15) is 0 Å². The van der Waals surface area contributed by atoms with Crippen LogP contribution in [0.1, 0.15) is 33.1 Å². The summed E-state index contributed by atoms with van der Waals surface area (Å²) >= 11 is 0. The summed E-state index contributed by atoms with van der Waals surface area (Å²) in [4.78, 5) is 10.9. The highest BCUT2D eigenvalue weighted by Gasteiger charge is 1.97. The zero-order chi connectivity index (χ0) is 10.8. The molecule has 1 unspecified atom stereocenters.